The maximum absolute atomic E-state index is 12.3. The fourth-order valence-electron chi connectivity index (χ4n) is 2.71. The Morgan fingerprint density at radius 3 is 2.78 bits per heavy atom. The van der Waals surface area contributed by atoms with E-state index in [-0.39, 0.29) is 18.0 Å². The number of nitrogens with zero attached hydrogens (tertiary/aromatic N) is 2. The summed E-state index contributed by atoms with van der Waals surface area (Å²) in [5.41, 5.74) is 0.549. The number of likely N-dealkylation sites (tertiary alicyclic amines) is 1. The van der Waals surface area contributed by atoms with Gasteiger partial charge in [0.15, 0.2) is 0 Å². The van der Waals surface area contributed by atoms with Gasteiger partial charge in [0.05, 0.1) is 12.5 Å². The summed E-state index contributed by atoms with van der Waals surface area (Å²) in [4.78, 5) is 28.1. The maximum atomic E-state index is 12.3. The van der Waals surface area contributed by atoms with Crippen LogP contribution >= 0.6 is 11.3 Å². The fourth-order valence-corrected chi connectivity index (χ4v) is 3.38. The van der Waals surface area contributed by atoms with Crippen molar-refractivity contribution in [2.75, 3.05) is 20.1 Å². The molecule has 1 fully saturated rings. The zero-order chi connectivity index (χ0) is 17.0. The molecule has 0 spiro atoms. The number of likely N-dealkylation sites (N-methyl/N-ethyl adjacent to an activating group) is 1. The van der Waals surface area contributed by atoms with Crippen LogP contribution < -0.4 is 0 Å². The van der Waals surface area contributed by atoms with Crippen LogP contribution in [0.15, 0.2) is 16.8 Å². The Morgan fingerprint density at radius 1 is 1.43 bits per heavy atom. The van der Waals surface area contributed by atoms with Gasteiger partial charge in [0, 0.05) is 20.1 Å². The van der Waals surface area contributed by atoms with Gasteiger partial charge < -0.3 is 14.5 Å². The summed E-state index contributed by atoms with van der Waals surface area (Å²) in [6, 6.07) is 2.01. The molecule has 0 saturated carbocycles. The molecule has 5 nitrogen and oxygen atoms in total. The summed E-state index contributed by atoms with van der Waals surface area (Å²) in [5.74, 6) is 0.0828. The molecule has 128 valence electrons. The number of ether oxygens (including phenoxy) is 1. The summed E-state index contributed by atoms with van der Waals surface area (Å²) < 4.78 is 5.46. The van der Waals surface area contributed by atoms with Crippen molar-refractivity contribution in [2.24, 2.45) is 0 Å². The summed E-state index contributed by atoms with van der Waals surface area (Å²) in [6.45, 7) is 6.86. The summed E-state index contributed by atoms with van der Waals surface area (Å²) in [7, 11) is 1.81. The van der Waals surface area contributed by atoms with Crippen molar-refractivity contribution in [1.29, 1.82) is 0 Å². The Morgan fingerprint density at radius 2 is 2.17 bits per heavy atom. The first kappa shape index (κ1) is 17.8. The Bertz CT molecular complexity index is 537. The molecule has 6 heteroatoms. The molecule has 1 aromatic rings. The van der Waals surface area contributed by atoms with E-state index in [0.717, 1.165) is 18.4 Å². The number of amides is 2. The van der Waals surface area contributed by atoms with Gasteiger partial charge in [0.1, 0.15) is 5.60 Å². The number of rotatable bonds is 4. The fraction of sp³-hybridized carbons (Fsp3) is 0.647. The predicted octanol–water partition coefficient (Wildman–Crippen LogP) is 3.15. The van der Waals surface area contributed by atoms with Crippen molar-refractivity contribution in [3.63, 3.8) is 0 Å². The lowest BCUT2D eigenvalue weighted by atomic mass is 10.2. The van der Waals surface area contributed by atoms with Gasteiger partial charge in [0.25, 0.3) is 0 Å². The zero-order valence-electron chi connectivity index (χ0n) is 14.4. The minimum Gasteiger partial charge on any atom is -0.444 e. The predicted molar refractivity (Wildman–Crippen MR) is 91.6 cm³/mol. The molecule has 0 bridgehead atoms. The maximum Gasteiger partial charge on any atom is 0.410 e. The van der Waals surface area contributed by atoms with Crippen LogP contribution in [0.3, 0.4) is 0 Å². The van der Waals surface area contributed by atoms with Gasteiger partial charge in [0.2, 0.25) is 5.91 Å². The number of hydrogen-bond acceptors (Lipinski definition) is 4. The largest absolute Gasteiger partial charge is 0.444 e. The van der Waals surface area contributed by atoms with Crippen LogP contribution in [0.25, 0.3) is 0 Å². The van der Waals surface area contributed by atoms with Crippen LogP contribution in [0.5, 0.6) is 0 Å². The van der Waals surface area contributed by atoms with Gasteiger partial charge in [-0.15, -0.1) is 0 Å². The van der Waals surface area contributed by atoms with Crippen molar-refractivity contribution in [3.8, 4) is 0 Å². The topological polar surface area (TPSA) is 49.9 Å². The number of thiophene rings is 1. The Kier molecular flexibility index (Phi) is 5.68. The molecular formula is C17H26N2O3S. The van der Waals surface area contributed by atoms with Crippen LogP contribution in [-0.4, -0.2) is 53.6 Å². The van der Waals surface area contributed by atoms with Gasteiger partial charge >= 0.3 is 6.09 Å². The number of carbonyl (C=O) groups excluding carboxylic acids is 2. The molecule has 0 aliphatic carbocycles. The molecule has 1 atom stereocenters. The molecule has 1 aliphatic heterocycles. The first-order valence-corrected chi connectivity index (χ1v) is 8.95. The second-order valence-corrected chi connectivity index (χ2v) is 7.83. The first-order chi connectivity index (χ1) is 10.8. The van der Waals surface area contributed by atoms with Gasteiger partial charge in [-0.3, -0.25) is 4.79 Å². The quantitative estimate of drug-likeness (QED) is 0.847. The molecule has 1 aromatic heterocycles. The highest BCUT2D eigenvalue weighted by Gasteiger charge is 2.33. The van der Waals surface area contributed by atoms with E-state index < -0.39 is 5.60 Å². The van der Waals surface area contributed by atoms with Crippen molar-refractivity contribution in [2.45, 2.75) is 51.7 Å². The minimum atomic E-state index is -0.495. The van der Waals surface area contributed by atoms with Crippen molar-refractivity contribution in [3.05, 3.63) is 22.4 Å². The van der Waals surface area contributed by atoms with Crippen LogP contribution in [0, 0.1) is 0 Å². The van der Waals surface area contributed by atoms with Crippen molar-refractivity contribution < 1.29 is 14.3 Å². The summed E-state index contributed by atoms with van der Waals surface area (Å²) in [6.07, 6.45) is 2.00. The zero-order valence-corrected chi connectivity index (χ0v) is 15.2. The van der Waals surface area contributed by atoms with E-state index in [1.54, 1.807) is 28.2 Å². The molecule has 1 aliphatic rings. The first-order valence-electron chi connectivity index (χ1n) is 8.01. The highest BCUT2D eigenvalue weighted by atomic mass is 32.1. The van der Waals surface area contributed by atoms with Crippen LogP contribution in [-0.2, 0) is 16.0 Å². The van der Waals surface area contributed by atoms with E-state index in [4.69, 9.17) is 4.74 Å². The average Bonchev–Trinajstić information content (AvgIpc) is 3.07. The Labute approximate surface area is 142 Å². The Hall–Kier alpha value is -1.56. The smallest absolute Gasteiger partial charge is 0.410 e. The van der Waals surface area contributed by atoms with E-state index in [1.165, 1.54) is 0 Å². The van der Waals surface area contributed by atoms with Gasteiger partial charge in [-0.2, -0.15) is 11.3 Å². The van der Waals surface area contributed by atoms with Crippen LogP contribution in [0.1, 0.15) is 39.2 Å². The van der Waals surface area contributed by atoms with Gasteiger partial charge in [-0.05, 0) is 56.0 Å². The highest BCUT2D eigenvalue weighted by Crippen LogP contribution is 2.21. The molecule has 1 unspecified atom stereocenters. The van der Waals surface area contributed by atoms with E-state index in [1.807, 2.05) is 37.6 Å². The average molecular weight is 338 g/mol. The van der Waals surface area contributed by atoms with Gasteiger partial charge in [-0.25, -0.2) is 4.79 Å². The Balaban J connectivity index is 1.90. The molecule has 2 rings (SSSR count). The summed E-state index contributed by atoms with van der Waals surface area (Å²) in [5, 5.41) is 3.97. The van der Waals surface area contributed by atoms with E-state index in [2.05, 4.69) is 0 Å². The van der Waals surface area contributed by atoms with Crippen LogP contribution in [0.4, 0.5) is 4.79 Å². The van der Waals surface area contributed by atoms with Crippen molar-refractivity contribution in [1.82, 2.24) is 9.80 Å². The number of hydrogen-bond donors (Lipinski definition) is 0. The minimum absolute atomic E-state index is 0.0428. The lowest BCUT2D eigenvalue weighted by Gasteiger charge is -2.31. The normalized spacial score (nSPS) is 18.1. The monoisotopic (exact) mass is 338 g/mol. The van der Waals surface area contributed by atoms with E-state index >= 15 is 0 Å². The van der Waals surface area contributed by atoms with Gasteiger partial charge in [-0.1, -0.05) is 0 Å². The van der Waals surface area contributed by atoms with Crippen LogP contribution in [0.2, 0.25) is 0 Å². The SMILES string of the molecule is CN(CC1CCCN1C(=O)OC(C)(C)C)C(=O)Cc1ccsc1. The lowest BCUT2D eigenvalue weighted by molar-refractivity contribution is -0.129. The molecule has 1 saturated heterocycles. The third kappa shape index (κ3) is 5.23. The molecule has 23 heavy (non-hydrogen) atoms. The van der Waals surface area contributed by atoms with Crippen molar-refractivity contribution >= 4 is 23.3 Å². The standard InChI is InChI=1S/C17H26N2O3S/c1-17(2,3)22-16(21)19-8-5-6-14(19)11-18(4)15(20)10-13-7-9-23-12-13/h7,9,12,14H,5-6,8,10-11H2,1-4H3. The molecule has 0 N–H and O–H groups in total. The molecule has 0 aromatic carbocycles. The second kappa shape index (κ2) is 7.34. The van der Waals surface area contributed by atoms with E-state index in [9.17, 15) is 9.59 Å². The second-order valence-electron chi connectivity index (χ2n) is 7.05. The summed E-state index contributed by atoms with van der Waals surface area (Å²) >= 11 is 1.60. The lowest BCUT2D eigenvalue weighted by Crippen LogP contribution is -2.45. The number of carbonyl (C=O) groups is 2. The third-order valence-corrected chi connectivity index (χ3v) is 4.58. The third-order valence-electron chi connectivity index (χ3n) is 3.85. The molecular weight excluding hydrogens is 312 g/mol. The molecule has 2 heterocycles. The van der Waals surface area contributed by atoms with E-state index in [0.29, 0.717) is 19.5 Å². The molecule has 0 radical (unpaired) electrons. The highest BCUT2D eigenvalue weighted by molar-refractivity contribution is 7.07. The molecule has 2 amide bonds.